The molecule has 15 heavy (non-hydrogen) atoms. The van der Waals surface area contributed by atoms with Gasteiger partial charge in [0.1, 0.15) is 0 Å². The SMILES string of the molecule is CCOCC.COCC(C)O.OCCO. The van der Waals surface area contributed by atoms with E-state index in [0.29, 0.717) is 6.61 Å². The highest BCUT2D eigenvalue weighted by atomic mass is 16.5. The Hall–Kier alpha value is -0.200. The van der Waals surface area contributed by atoms with Gasteiger partial charge in [0.05, 0.1) is 25.9 Å². The lowest BCUT2D eigenvalue weighted by atomic mass is 10.5. The zero-order chi connectivity index (χ0) is 12.5. The van der Waals surface area contributed by atoms with Crippen molar-refractivity contribution in [2.45, 2.75) is 26.9 Å². The number of aliphatic hydroxyl groups is 3. The molecule has 0 rings (SSSR count). The fourth-order valence-electron chi connectivity index (χ4n) is 0.445. The predicted molar refractivity (Wildman–Crippen MR) is 59.9 cm³/mol. The molecule has 0 aromatic rings. The third-order valence-corrected chi connectivity index (χ3v) is 0.916. The lowest BCUT2D eigenvalue weighted by Crippen LogP contribution is -2.07. The number of hydrogen-bond donors (Lipinski definition) is 3. The van der Waals surface area contributed by atoms with Crippen molar-refractivity contribution in [1.82, 2.24) is 0 Å². The van der Waals surface area contributed by atoms with Gasteiger partial charge >= 0.3 is 0 Å². The molecule has 0 aliphatic carbocycles. The zero-order valence-corrected chi connectivity index (χ0v) is 10.3. The summed E-state index contributed by atoms with van der Waals surface area (Å²) in [5.74, 6) is 0. The second kappa shape index (κ2) is 23.5. The highest BCUT2D eigenvalue weighted by Crippen LogP contribution is 1.75. The molecule has 0 fully saturated rings. The lowest BCUT2D eigenvalue weighted by molar-refractivity contribution is 0.0765. The van der Waals surface area contributed by atoms with Gasteiger partial charge in [-0.1, -0.05) is 0 Å². The first-order valence-corrected chi connectivity index (χ1v) is 5.06. The second-order valence-corrected chi connectivity index (χ2v) is 2.53. The van der Waals surface area contributed by atoms with Crippen LogP contribution in [0.5, 0.6) is 0 Å². The maximum absolute atomic E-state index is 8.43. The third-order valence-electron chi connectivity index (χ3n) is 0.916. The summed E-state index contributed by atoms with van der Waals surface area (Å²) < 4.78 is 9.39. The summed E-state index contributed by atoms with van der Waals surface area (Å²) in [7, 11) is 1.56. The molecule has 0 aromatic carbocycles. The standard InChI is InChI=1S/C4H10O2.C4H10O.C2H6O2/c1-4(5)3-6-2;1-3-5-4-2;3-1-2-4/h4-5H,3H2,1-2H3;3-4H2,1-2H3;3-4H,1-2H2. The molecular formula is C10H26O5. The number of rotatable bonds is 5. The Labute approximate surface area is 92.6 Å². The van der Waals surface area contributed by atoms with E-state index in [9.17, 15) is 0 Å². The molecule has 0 radical (unpaired) electrons. The number of hydrogen-bond acceptors (Lipinski definition) is 5. The van der Waals surface area contributed by atoms with E-state index in [1.54, 1.807) is 14.0 Å². The van der Waals surface area contributed by atoms with Crippen LogP contribution < -0.4 is 0 Å². The molecule has 0 bridgehead atoms. The Morgan fingerprint density at radius 1 is 1.07 bits per heavy atom. The molecule has 96 valence electrons. The molecule has 1 unspecified atom stereocenters. The zero-order valence-electron chi connectivity index (χ0n) is 10.3. The molecule has 0 aromatic heterocycles. The molecule has 0 saturated heterocycles. The van der Waals surface area contributed by atoms with Crippen LogP contribution in [0.25, 0.3) is 0 Å². The van der Waals surface area contributed by atoms with E-state index in [4.69, 9.17) is 20.1 Å². The molecule has 3 N–H and O–H groups in total. The van der Waals surface area contributed by atoms with Gasteiger partial charge in [-0.3, -0.25) is 0 Å². The van der Waals surface area contributed by atoms with Crippen LogP contribution in [0.2, 0.25) is 0 Å². The highest BCUT2D eigenvalue weighted by molar-refractivity contribution is 4.36. The first kappa shape index (κ1) is 20.2. The molecule has 0 heterocycles. The van der Waals surface area contributed by atoms with E-state index < -0.39 is 0 Å². The van der Waals surface area contributed by atoms with Crippen molar-refractivity contribution in [3.05, 3.63) is 0 Å². The molecule has 1 atom stereocenters. The summed E-state index contributed by atoms with van der Waals surface area (Å²) in [6.07, 6.45) is -0.324. The Balaban J connectivity index is -0.000000147. The quantitative estimate of drug-likeness (QED) is 0.616. The summed E-state index contributed by atoms with van der Waals surface area (Å²) >= 11 is 0. The maximum Gasteiger partial charge on any atom is 0.0745 e. The summed E-state index contributed by atoms with van der Waals surface area (Å²) in [6.45, 7) is 7.53. The first-order chi connectivity index (χ1) is 7.10. The van der Waals surface area contributed by atoms with Crippen molar-refractivity contribution in [2.24, 2.45) is 0 Å². The Bertz CT molecular complexity index is 74.2. The van der Waals surface area contributed by atoms with Crippen molar-refractivity contribution < 1.29 is 24.8 Å². The molecular weight excluding hydrogens is 200 g/mol. The molecule has 0 aliphatic heterocycles. The van der Waals surface area contributed by atoms with Crippen LogP contribution >= 0.6 is 0 Å². The van der Waals surface area contributed by atoms with Gasteiger partial charge in [0.15, 0.2) is 0 Å². The van der Waals surface area contributed by atoms with Crippen LogP contribution in [0.4, 0.5) is 0 Å². The van der Waals surface area contributed by atoms with Crippen LogP contribution in [0.3, 0.4) is 0 Å². The largest absolute Gasteiger partial charge is 0.394 e. The predicted octanol–water partition coefficient (Wildman–Crippen LogP) is 0.0274. The fourth-order valence-corrected chi connectivity index (χ4v) is 0.445. The summed E-state index contributed by atoms with van der Waals surface area (Å²) in [5, 5.41) is 23.7. The van der Waals surface area contributed by atoms with Gasteiger partial charge in [-0.05, 0) is 20.8 Å². The van der Waals surface area contributed by atoms with Crippen molar-refractivity contribution in [3.63, 3.8) is 0 Å². The average Bonchev–Trinajstić information content (AvgIpc) is 2.20. The van der Waals surface area contributed by atoms with Gasteiger partial charge in [-0.2, -0.15) is 0 Å². The van der Waals surface area contributed by atoms with Crippen LogP contribution in [-0.2, 0) is 9.47 Å². The smallest absolute Gasteiger partial charge is 0.0745 e. The minimum Gasteiger partial charge on any atom is -0.394 e. The van der Waals surface area contributed by atoms with Crippen molar-refractivity contribution in [1.29, 1.82) is 0 Å². The molecule has 5 nitrogen and oxygen atoms in total. The first-order valence-electron chi connectivity index (χ1n) is 5.06. The van der Waals surface area contributed by atoms with E-state index in [1.165, 1.54) is 0 Å². The van der Waals surface area contributed by atoms with Gasteiger partial charge in [0, 0.05) is 20.3 Å². The summed E-state index contributed by atoms with van der Waals surface area (Å²) in [5.41, 5.74) is 0. The van der Waals surface area contributed by atoms with Crippen LogP contribution in [0.15, 0.2) is 0 Å². The Morgan fingerprint density at radius 3 is 1.47 bits per heavy atom. The topological polar surface area (TPSA) is 79.2 Å². The molecule has 0 saturated carbocycles. The van der Waals surface area contributed by atoms with Gasteiger partial charge in [0.2, 0.25) is 0 Å². The highest BCUT2D eigenvalue weighted by Gasteiger charge is 1.87. The summed E-state index contributed by atoms with van der Waals surface area (Å²) in [4.78, 5) is 0. The molecule has 0 aliphatic rings. The number of methoxy groups -OCH3 is 1. The normalized spacial score (nSPS) is 10.6. The maximum atomic E-state index is 8.43. The number of ether oxygens (including phenoxy) is 2. The van der Waals surface area contributed by atoms with Gasteiger partial charge in [0.25, 0.3) is 0 Å². The number of aliphatic hydroxyl groups excluding tert-OH is 3. The van der Waals surface area contributed by atoms with E-state index in [0.717, 1.165) is 13.2 Å². The van der Waals surface area contributed by atoms with E-state index in [1.807, 2.05) is 13.8 Å². The fraction of sp³-hybridized carbons (Fsp3) is 1.00. The van der Waals surface area contributed by atoms with Crippen LogP contribution in [-0.4, -0.2) is 61.6 Å². The molecule has 0 amide bonds. The minimum atomic E-state index is -0.324. The lowest BCUT2D eigenvalue weighted by Gasteiger charge is -1.97. The van der Waals surface area contributed by atoms with Crippen LogP contribution in [0, 0.1) is 0 Å². The van der Waals surface area contributed by atoms with Gasteiger partial charge in [-0.15, -0.1) is 0 Å². The Kier molecular flexibility index (Phi) is 31.8. The average molecular weight is 226 g/mol. The van der Waals surface area contributed by atoms with Crippen molar-refractivity contribution in [2.75, 3.05) is 40.1 Å². The Morgan fingerprint density at radius 2 is 1.47 bits per heavy atom. The minimum absolute atomic E-state index is 0.125. The molecule has 5 heteroatoms. The monoisotopic (exact) mass is 226 g/mol. The van der Waals surface area contributed by atoms with Crippen molar-refractivity contribution >= 4 is 0 Å². The van der Waals surface area contributed by atoms with Gasteiger partial charge < -0.3 is 24.8 Å². The molecule has 0 spiro atoms. The van der Waals surface area contributed by atoms with Crippen molar-refractivity contribution in [3.8, 4) is 0 Å². The van der Waals surface area contributed by atoms with Gasteiger partial charge in [-0.25, -0.2) is 0 Å². The van der Waals surface area contributed by atoms with E-state index in [2.05, 4.69) is 4.74 Å². The second-order valence-electron chi connectivity index (χ2n) is 2.53. The third kappa shape index (κ3) is 57.1. The van der Waals surface area contributed by atoms with E-state index >= 15 is 0 Å². The van der Waals surface area contributed by atoms with E-state index in [-0.39, 0.29) is 19.3 Å². The van der Waals surface area contributed by atoms with Crippen LogP contribution in [0.1, 0.15) is 20.8 Å². The summed E-state index contributed by atoms with van der Waals surface area (Å²) in [6, 6.07) is 0.